The average Bonchev–Trinajstić information content (AvgIpc) is 2.98. The van der Waals surface area contributed by atoms with E-state index in [0.717, 1.165) is 25.7 Å². The Labute approximate surface area is 128 Å². The van der Waals surface area contributed by atoms with Crippen LogP contribution in [-0.4, -0.2) is 25.7 Å². The van der Waals surface area contributed by atoms with Gasteiger partial charge in [0.25, 0.3) is 0 Å². The molecule has 1 aromatic carbocycles. The lowest BCUT2D eigenvalue weighted by molar-refractivity contribution is -0.117. The van der Waals surface area contributed by atoms with Gasteiger partial charge < -0.3 is 14.8 Å². The van der Waals surface area contributed by atoms with Crippen molar-refractivity contribution in [3.05, 3.63) is 29.8 Å². The number of nitrogens with one attached hydrogen (secondary N) is 1. The molecule has 0 radical (unpaired) electrons. The zero-order valence-electron chi connectivity index (χ0n) is 12.4. The lowest BCUT2D eigenvalue weighted by atomic mass is 10.2. The van der Waals surface area contributed by atoms with E-state index in [0.29, 0.717) is 5.56 Å². The van der Waals surface area contributed by atoms with E-state index >= 15 is 0 Å². The van der Waals surface area contributed by atoms with Gasteiger partial charge in [0.1, 0.15) is 0 Å². The van der Waals surface area contributed by atoms with Gasteiger partial charge in [0, 0.05) is 12.1 Å². The largest absolute Gasteiger partial charge is 0.493 e. The molecule has 0 aliphatic heterocycles. The number of halogens is 2. The molecular formula is C16H19F2NO3. The van der Waals surface area contributed by atoms with Crippen LogP contribution in [0.4, 0.5) is 8.78 Å². The average molecular weight is 311 g/mol. The molecule has 1 fully saturated rings. The first-order valence-corrected chi connectivity index (χ1v) is 7.20. The predicted molar refractivity (Wildman–Crippen MR) is 79.1 cm³/mol. The van der Waals surface area contributed by atoms with Crippen molar-refractivity contribution in [3.8, 4) is 11.5 Å². The zero-order chi connectivity index (χ0) is 15.9. The first-order chi connectivity index (χ1) is 10.6. The van der Waals surface area contributed by atoms with E-state index in [1.54, 1.807) is 12.1 Å². The number of ether oxygens (including phenoxy) is 2. The lowest BCUT2D eigenvalue weighted by Crippen LogP contribution is -2.30. The number of methoxy groups -OCH3 is 1. The molecule has 0 saturated heterocycles. The predicted octanol–water partition coefficient (Wildman–Crippen LogP) is 3.37. The maximum absolute atomic E-state index is 12.2. The van der Waals surface area contributed by atoms with Crippen molar-refractivity contribution >= 4 is 12.0 Å². The van der Waals surface area contributed by atoms with Crippen LogP contribution in [0.3, 0.4) is 0 Å². The highest BCUT2D eigenvalue weighted by molar-refractivity contribution is 5.92. The maximum atomic E-state index is 12.2. The fourth-order valence-corrected chi connectivity index (χ4v) is 2.47. The van der Waals surface area contributed by atoms with E-state index in [9.17, 15) is 13.6 Å². The van der Waals surface area contributed by atoms with E-state index in [4.69, 9.17) is 4.74 Å². The zero-order valence-corrected chi connectivity index (χ0v) is 12.4. The molecule has 0 bridgehead atoms. The van der Waals surface area contributed by atoms with Crippen molar-refractivity contribution in [3.63, 3.8) is 0 Å². The molecule has 4 nitrogen and oxygen atoms in total. The molecular weight excluding hydrogens is 292 g/mol. The number of carbonyl (C=O) groups excluding carboxylic acids is 1. The van der Waals surface area contributed by atoms with Crippen LogP contribution >= 0.6 is 0 Å². The fraction of sp³-hybridized carbons (Fsp3) is 0.438. The number of hydrogen-bond acceptors (Lipinski definition) is 3. The van der Waals surface area contributed by atoms with Gasteiger partial charge in [-0.3, -0.25) is 4.79 Å². The number of alkyl halides is 2. The third-order valence-electron chi connectivity index (χ3n) is 3.53. The van der Waals surface area contributed by atoms with Crippen molar-refractivity contribution in [1.29, 1.82) is 0 Å². The van der Waals surface area contributed by atoms with Crippen LogP contribution in [0.1, 0.15) is 31.2 Å². The van der Waals surface area contributed by atoms with Crippen LogP contribution in [0, 0.1) is 0 Å². The Balaban J connectivity index is 1.99. The summed E-state index contributed by atoms with van der Waals surface area (Å²) in [5.74, 6) is 0.00230. The van der Waals surface area contributed by atoms with Gasteiger partial charge in [-0.15, -0.1) is 0 Å². The molecule has 0 heterocycles. The minimum Gasteiger partial charge on any atom is -0.493 e. The molecule has 1 amide bonds. The summed E-state index contributed by atoms with van der Waals surface area (Å²) in [6, 6.07) is 4.77. The Morgan fingerprint density at radius 3 is 2.68 bits per heavy atom. The molecule has 0 unspecified atom stereocenters. The molecule has 2 rings (SSSR count). The Morgan fingerprint density at radius 1 is 1.32 bits per heavy atom. The molecule has 22 heavy (non-hydrogen) atoms. The Morgan fingerprint density at radius 2 is 2.05 bits per heavy atom. The summed E-state index contributed by atoms with van der Waals surface area (Å²) in [5.41, 5.74) is 0.667. The topological polar surface area (TPSA) is 47.6 Å². The maximum Gasteiger partial charge on any atom is 0.387 e. The van der Waals surface area contributed by atoms with Crippen molar-refractivity contribution in [2.75, 3.05) is 7.11 Å². The van der Waals surface area contributed by atoms with Crippen LogP contribution in [0.5, 0.6) is 11.5 Å². The van der Waals surface area contributed by atoms with Crippen molar-refractivity contribution in [2.24, 2.45) is 0 Å². The highest BCUT2D eigenvalue weighted by Crippen LogP contribution is 2.29. The summed E-state index contributed by atoms with van der Waals surface area (Å²) in [4.78, 5) is 11.8. The third-order valence-corrected chi connectivity index (χ3v) is 3.53. The number of benzene rings is 1. The van der Waals surface area contributed by atoms with Gasteiger partial charge in [-0.25, -0.2) is 0 Å². The molecule has 0 aromatic heterocycles. The smallest absolute Gasteiger partial charge is 0.387 e. The highest BCUT2D eigenvalue weighted by Gasteiger charge is 2.15. The molecule has 1 aliphatic rings. The van der Waals surface area contributed by atoms with E-state index < -0.39 is 6.61 Å². The van der Waals surface area contributed by atoms with Gasteiger partial charge in [0.05, 0.1) is 7.11 Å². The SMILES string of the molecule is COc1cc(C=CC(=O)NC2CCCC2)ccc1OC(F)F. The van der Waals surface area contributed by atoms with Crippen molar-refractivity contribution < 1.29 is 23.0 Å². The van der Waals surface area contributed by atoms with Crippen LogP contribution in [0.25, 0.3) is 6.08 Å². The Kier molecular flexibility index (Phi) is 5.75. The van der Waals surface area contributed by atoms with E-state index in [1.165, 1.54) is 25.3 Å². The first kappa shape index (κ1) is 16.3. The number of carbonyl (C=O) groups is 1. The standard InChI is InChI=1S/C16H19F2NO3/c1-21-14-10-11(6-8-13(14)22-16(17)18)7-9-15(20)19-12-4-2-3-5-12/h6-10,12,16H,2-5H2,1H3,(H,19,20). The van der Waals surface area contributed by atoms with Crippen molar-refractivity contribution in [2.45, 2.75) is 38.3 Å². The summed E-state index contributed by atoms with van der Waals surface area (Å²) < 4.78 is 33.8. The van der Waals surface area contributed by atoms with E-state index in [-0.39, 0.29) is 23.4 Å². The molecule has 1 saturated carbocycles. The second-order valence-electron chi connectivity index (χ2n) is 5.11. The third kappa shape index (κ3) is 4.72. The molecule has 0 atom stereocenters. The molecule has 1 N–H and O–H groups in total. The van der Waals surface area contributed by atoms with Crippen molar-refractivity contribution in [1.82, 2.24) is 5.32 Å². The summed E-state index contributed by atoms with van der Waals surface area (Å²) in [6.07, 6.45) is 7.38. The van der Waals surface area contributed by atoms with Gasteiger partial charge in [-0.05, 0) is 36.6 Å². The monoisotopic (exact) mass is 311 g/mol. The highest BCUT2D eigenvalue weighted by atomic mass is 19.3. The molecule has 6 heteroatoms. The van der Waals surface area contributed by atoms with Gasteiger partial charge in [0.15, 0.2) is 11.5 Å². The van der Waals surface area contributed by atoms with E-state index in [2.05, 4.69) is 10.1 Å². The normalized spacial score (nSPS) is 15.5. The van der Waals surface area contributed by atoms with Crippen LogP contribution in [0.15, 0.2) is 24.3 Å². The first-order valence-electron chi connectivity index (χ1n) is 7.20. The minimum atomic E-state index is -2.91. The number of hydrogen-bond donors (Lipinski definition) is 1. The summed E-state index contributed by atoms with van der Waals surface area (Å²) >= 11 is 0. The molecule has 1 aliphatic carbocycles. The minimum absolute atomic E-state index is 0.0370. The molecule has 1 aromatic rings. The fourth-order valence-electron chi connectivity index (χ4n) is 2.47. The van der Waals surface area contributed by atoms with Gasteiger partial charge >= 0.3 is 6.61 Å². The summed E-state index contributed by atoms with van der Waals surface area (Å²) in [6.45, 7) is -2.91. The lowest BCUT2D eigenvalue weighted by Gasteiger charge is -2.10. The van der Waals surface area contributed by atoms with Gasteiger partial charge in [-0.1, -0.05) is 18.9 Å². The van der Waals surface area contributed by atoms with Crippen LogP contribution in [0.2, 0.25) is 0 Å². The van der Waals surface area contributed by atoms with Gasteiger partial charge in [-0.2, -0.15) is 8.78 Å². The second kappa shape index (κ2) is 7.77. The van der Waals surface area contributed by atoms with Crippen LogP contribution < -0.4 is 14.8 Å². The summed E-state index contributed by atoms with van der Waals surface area (Å²) in [5, 5.41) is 2.93. The number of rotatable bonds is 6. The Bertz CT molecular complexity index is 540. The number of amides is 1. The van der Waals surface area contributed by atoms with Crippen LogP contribution in [-0.2, 0) is 4.79 Å². The Hall–Kier alpha value is -2.11. The molecule has 0 spiro atoms. The summed E-state index contributed by atoms with van der Waals surface area (Å²) in [7, 11) is 1.37. The van der Waals surface area contributed by atoms with E-state index in [1.807, 2.05) is 0 Å². The second-order valence-corrected chi connectivity index (χ2v) is 5.11. The molecule has 120 valence electrons. The van der Waals surface area contributed by atoms with Gasteiger partial charge in [0.2, 0.25) is 5.91 Å². The quantitative estimate of drug-likeness (QED) is 0.819.